The minimum absolute atomic E-state index is 0.0188. The Bertz CT molecular complexity index is 503. The van der Waals surface area contributed by atoms with Crippen molar-refractivity contribution in [3.63, 3.8) is 0 Å². The maximum atomic E-state index is 11.8. The van der Waals surface area contributed by atoms with Gasteiger partial charge in [0.05, 0.1) is 6.20 Å². The van der Waals surface area contributed by atoms with Crippen molar-refractivity contribution in [3.05, 3.63) is 23.5 Å². The van der Waals surface area contributed by atoms with Gasteiger partial charge in [0.15, 0.2) is 5.69 Å². The molecule has 2 amide bonds. The fourth-order valence-corrected chi connectivity index (χ4v) is 1.35. The second-order valence-electron chi connectivity index (χ2n) is 3.99. The van der Waals surface area contributed by atoms with E-state index in [9.17, 15) is 14.4 Å². The van der Waals surface area contributed by atoms with Crippen molar-refractivity contribution in [2.45, 2.75) is 25.8 Å². The zero-order valence-corrected chi connectivity index (χ0v) is 10.3. The lowest BCUT2D eigenvalue weighted by Gasteiger charge is -2.13. The largest absolute Gasteiger partial charge is 0.480 e. The average Bonchev–Trinajstić information content (AvgIpc) is 2.33. The van der Waals surface area contributed by atoms with Crippen LogP contribution in [0.5, 0.6) is 0 Å². The van der Waals surface area contributed by atoms with Gasteiger partial charge in [-0.1, -0.05) is 0 Å². The molecule has 0 aliphatic heterocycles. The molecular weight excluding hydrogens is 252 g/mol. The van der Waals surface area contributed by atoms with Crippen LogP contribution in [0, 0.1) is 6.92 Å². The van der Waals surface area contributed by atoms with Crippen LogP contribution in [0.4, 0.5) is 0 Å². The summed E-state index contributed by atoms with van der Waals surface area (Å²) in [6, 6.07) is 0.289. The van der Waals surface area contributed by atoms with Gasteiger partial charge in [0, 0.05) is 6.42 Å². The number of aryl methyl sites for hydroxylation is 1. The molecule has 1 aromatic rings. The molecule has 0 aliphatic carbocycles. The van der Waals surface area contributed by atoms with Crippen molar-refractivity contribution in [1.29, 1.82) is 0 Å². The van der Waals surface area contributed by atoms with Crippen molar-refractivity contribution in [2.75, 3.05) is 0 Å². The molecule has 1 heterocycles. The summed E-state index contributed by atoms with van der Waals surface area (Å²) in [5.74, 6) is -2.53. The van der Waals surface area contributed by atoms with Crippen molar-refractivity contribution >= 4 is 17.8 Å². The number of hydrogen-bond donors (Lipinski definition) is 3. The molecule has 0 radical (unpaired) electrons. The average molecular weight is 266 g/mol. The Labute approximate surface area is 109 Å². The van der Waals surface area contributed by atoms with Gasteiger partial charge in [0.1, 0.15) is 6.04 Å². The number of nitrogens with one attached hydrogen (secondary N) is 1. The molecule has 0 spiro atoms. The number of rotatable bonds is 6. The highest BCUT2D eigenvalue weighted by molar-refractivity contribution is 5.95. The minimum Gasteiger partial charge on any atom is -0.480 e. The number of amides is 2. The topological polar surface area (TPSA) is 135 Å². The highest BCUT2D eigenvalue weighted by atomic mass is 16.4. The van der Waals surface area contributed by atoms with E-state index in [1.54, 1.807) is 6.92 Å². The fraction of sp³-hybridized carbons (Fsp3) is 0.364. The Morgan fingerprint density at radius 2 is 2.16 bits per heavy atom. The Kier molecular flexibility index (Phi) is 4.92. The third kappa shape index (κ3) is 4.70. The zero-order chi connectivity index (χ0) is 14.4. The summed E-state index contributed by atoms with van der Waals surface area (Å²) in [4.78, 5) is 33.3. The first kappa shape index (κ1) is 14.6. The summed E-state index contributed by atoms with van der Waals surface area (Å²) in [7, 11) is 0. The van der Waals surface area contributed by atoms with E-state index in [1.807, 2.05) is 0 Å². The summed E-state index contributed by atoms with van der Waals surface area (Å²) in [5, 5.41) is 18.4. The maximum absolute atomic E-state index is 11.8. The van der Waals surface area contributed by atoms with Crippen LogP contribution in [0.1, 0.15) is 28.9 Å². The van der Waals surface area contributed by atoms with Crippen molar-refractivity contribution in [3.8, 4) is 0 Å². The molecule has 19 heavy (non-hydrogen) atoms. The van der Waals surface area contributed by atoms with Crippen LogP contribution in [-0.4, -0.2) is 39.1 Å². The lowest BCUT2D eigenvalue weighted by Crippen LogP contribution is -2.41. The zero-order valence-electron chi connectivity index (χ0n) is 10.3. The molecule has 4 N–H and O–H groups in total. The number of aromatic nitrogens is 2. The number of nitrogens with two attached hydrogens (primary N) is 1. The molecule has 0 aromatic carbocycles. The number of carbonyl (C=O) groups is 3. The molecule has 0 saturated carbocycles. The van der Waals surface area contributed by atoms with Crippen LogP contribution in [0.25, 0.3) is 0 Å². The van der Waals surface area contributed by atoms with E-state index in [2.05, 4.69) is 15.5 Å². The van der Waals surface area contributed by atoms with Gasteiger partial charge in [0.25, 0.3) is 5.91 Å². The summed E-state index contributed by atoms with van der Waals surface area (Å²) in [6.45, 7) is 1.73. The van der Waals surface area contributed by atoms with E-state index in [0.29, 0.717) is 0 Å². The predicted octanol–water partition coefficient (Wildman–Crippen LogP) is -0.766. The summed E-state index contributed by atoms with van der Waals surface area (Å²) < 4.78 is 0. The predicted molar refractivity (Wildman–Crippen MR) is 64.1 cm³/mol. The second-order valence-corrected chi connectivity index (χ2v) is 3.99. The van der Waals surface area contributed by atoms with Gasteiger partial charge in [-0.3, -0.25) is 9.59 Å². The van der Waals surface area contributed by atoms with E-state index >= 15 is 0 Å². The molecule has 0 unspecified atom stereocenters. The Morgan fingerprint density at radius 1 is 1.47 bits per heavy atom. The van der Waals surface area contributed by atoms with Crippen molar-refractivity contribution < 1.29 is 19.5 Å². The lowest BCUT2D eigenvalue weighted by molar-refractivity contribution is -0.139. The smallest absolute Gasteiger partial charge is 0.326 e. The molecule has 1 atom stereocenters. The van der Waals surface area contributed by atoms with Gasteiger partial charge < -0.3 is 16.2 Å². The first-order valence-electron chi connectivity index (χ1n) is 5.51. The summed E-state index contributed by atoms with van der Waals surface area (Å²) >= 11 is 0. The Balaban J connectivity index is 2.71. The second kappa shape index (κ2) is 6.43. The van der Waals surface area contributed by atoms with Gasteiger partial charge in [0.2, 0.25) is 5.91 Å². The van der Waals surface area contributed by atoms with Crippen LogP contribution >= 0.6 is 0 Å². The summed E-state index contributed by atoms with van der Waals surface area (Å²) in [5.41, 5.74) is 5.68. The van der Waals surface area contributed by atoms with Crippen molar-refractivity contribution in [1.82, 2.24) is 15.5 Å². The van der Waals surface area contributed by atoms with E-state index < -0.39 is 23.8 Å². The van der Waals surface area contributed by atoms with Gasteiger partial charge in [-0.25, -0.2) is 4.79 Å². The Hall–Kier alpha value is -2.51. The third-order valence-electron chi connectivity index (χ3n) is 2.31. The number of hydrogen-bond acceptors (Lipinski definition) is 5. The SMILES string of the molecule is Cc1cnnc(C(=O)N[C@@H](CCC(N)=O)C(=O)O)c1. The van der Waals surface area contributed by atoms with Gasteiger partial charge >= 0.3 is 5.97 Å². The molecule has 0 fully saturated rings. The summed E-state index contributed by atoms with van der Waals surface area (Å²) in [6.07, 6.45) is 1.27. The normalized spacial score (nSPS) is 11.6. The van der Waals surface area contributed by atoms with Crippen LogP contribution in [0.2, 0.25) is 0 Å². The standard InChI is InChI=1S/C11H14N4O4/c1-6-4-8(15-13-5-6)10(17)14-7(11(18)19)2-3-9(12)16/h4-5,7H,2-3H2,1H3,(H2,12,16)(H,14,17)(H,18,19)/t7-/m0/s1. The maximum Gasteiger partial charge on any atom is 0.326 e. The lowest BCUT2D eigenvalue weighted by atomic mass is 10.1. The monoisotopic (exact) mass is 266 g/mol. The molecule has 8 heteroatoms. The molecule has 1 aromatic heterocycles. The number of nitrogens with zero attached hydrogens (tertiary/aromatic N) is 2. The number of aliphatic carboxylic acids is 1. The molecule has 0 bridgehead atoms. The van der Waals surface area contributed by atoms with Gasteiger partial charge in [-0.15, -0.1) is 5.10 Å². The molecule has 8 nitrogen and oxygen atoms in total. The molecule has 0 saturated heterocycles. The van der Waals surface area contributed by atoms with Crippen LogP contribution in [-0.2, 0) is 9.59 Å². The molecule has 102 valence electrons. The first-order valence-corrected chi connectivity index (χ1v) is 5.51. The molecular formula is C11H14N4O4. The van der Waals surface area contributed by atoms with E-state index in [4.69, 9.17) is 10.8 Å². The third-order valence-corrected chi connectivity index (χ3v) is 2.31. The molecule has 0 aliphatic rings. The number of carboxylic acid groups (broad SMARTS) is 1. The number of carboxylic acids is 1. The minimum atomic E-state index is -1.24. The van der Waals surface area contributed by atoms with Crippen LogP contribution in [0.15, 0.2) is 12.3 Å². The van der Waals surface area contributed by atoms with E-state index in [0.717, 1.165) is 5.56 Å². The molecule has 1 rings (SSSR count). The van der Waals surface area contributed by atoms with Crippen LogP contribution < -0.4 is 11.1 Å². The quantitative estimate of drug-likeness (QED) is 0.618. The van der Waals surface area contributed by atoms with Gasteiger partial charge in [-0.2, -0.15) is 5.10 Å². The fourth-order valence-electron chi connectivity index (χ4n) is 1.35. The van der Waals surface area contributed by atoms with Crippen molar-refractivity contribution in [2.24, 2.45) is 5.73 Å². The number of primary amides is 1. The van der Waals surface area contributed by atoms with E-state index in [1.165, 1.54) is 12.3 Å². The Morgan fingerprint density at radius 3 is 2.68 bits per heavy atom. The van der Waals surface area contributed by atoms with Gasteiger partial charge in [-0.05, 0) is 25.0 Å². The first-order chi connectivity index (χ1) is 8.90. The van der Waals surface area contributed by atoms with E-state index in [-0.39, 0.29) is 18.5 Å². The van der Waals surface area contributed by atoms with Crippen LogP contribution in [0.3, 0.4) is 0 Å². The highest BCUT2D eigenvalue weighted by Crippen LogP contribution is 2.02. The number of carbonyl (C=O) groups excluding carboxylic acids is 2. The highest BCUT2D eigenvalue weighted by Gasteiger charge is 2.21.